The Hall–Kier alpha value is -1.66. The summed E-state index contributed by atoms with van der Waals surface area (Å²) >= 11 is 11.4. The van der Waals surface area contributed by atoms with Crippen LogP contribution in [0.4, 0.5) is 0 Å². The Morgan fingerprint density at radius 1 is 0.917 bits per heavy atom. The predicted molar refractivity (Wildman–Crippen MR) is 94.3 cm³/mol. The summed E-state index contributed by atoms with van der Waals surface area (Å²) in [7, 11) is -2.28. The van der Waals surface area contributed by atoms with E-state index < -0.39 is 10.1 Å². The Labute approximate surface area is 151 Å². The molecule has 0 saturated carbocycles. The van der Waals surface area contributed by atoms with Gasteiger partial charge in [0.1, 0.15) is 17.2 Å². The van der Waals surface area contributed by atoms with Crippen molar-refractivity contribution in [1.29, 1.82) is 0 Å². The number of hydrogen-bond acceptors (Lipinski definition) is 3. The van der Waals surface area contributed by atoms with Crippen molar-refractivity contribution in [3.8, 4) is 0 Å². The lowest BCUT2D eigenvalue weighted by Crippen LogP contribution is -2.32. The second-order valence-electron chi connectivity index (χ2n) is 5.14. The molecule has 1 aromatic heterocycles. The molecule has 0 amide bonds. The van der Waals surface area contributed by atoms with Gasteiger partial charge in [-0.15, -0.1) is 0 Å². The number of fused-ring (bicyclic) bond motifs is 1. The first kappa shape index (κ1) is 18.7. The van der Waals surface area contributed by atoms with E-state index in [0.717, 1.165) is 5.02 Å². The highest BCUT2D eigenvalue weighted by Crippen LogP contribution is 2.16. The van der Waals surface area contributed by atoms with Crippen LogP contribution in [-0.4, -0.2) is 13.0 Å². The molecule has 0 bridgehead atoms. The molecule has 0 radical (unpaired) electrons. The quantitative estimate of drug-likeness (QED) is 0.473. The fraction of sp³-hybridized carbons (Fsp3) is 0.118. The van der Waals surface area contributed by atoms with Crippen molar-refractivity contribution in [3.05, 3.63) is 70.3 Å². The average Bonchev–Trinajstić information content (AvgIpc) is 2.52. The van der Waals surface area contributed by atoms with Gasteiger partial charge < -0.3 is 4.55 Å². The van der Waals surface area contributed by atoms with Crippen molar-refractivity contribution in [2.75, 3.05) is 0 Å². The third-order valence-corrected chi connectivity index (χ3v) is 4.83. The van der Waals surface area contributed by atoms with Crippen LogP contribution in [0.25, 0.3) is 10.9 Å². The minimum absolute atomic E-state index is 0.262. The van der Waals surface area contributed by atoms with Gasteiger partial charge in [-0.3, -0.25) is 0 Å². The van der Waals surface area contributed by atoms with Crippen molar-refractivity contribution in [1.82, 2.24) is 0 Å². The molecule has 4 nitrogen and oxygen atoms in total. The molecule has 0 atom stereocenters. The van der Waals surface area contributed by atoms with Crippen LogP contribution in [0, 0.1) is 6.92 Å². The van der Waals surface area contributed by atoms with Crippen LogP contribution in [0.15, 0.2) is 59.5 Å². The van der Waals surface area contributed by atoms with E-state index in [4.69, 9.17) is 23.2 Å². The lowest BCUT2D eigenvalue weighted by atomic mass is 10.2. The van der Waals surface area contributed by atoms with Crippen LogP contribution >= 0.6 is 23.2 Å². The minimum Gasteiger partial charge on any atom is -0.744 e. The van der Waals surface area contributed by atoms with Crippen LogP contribution in [0.5, 0.6) is 0 Å². The van der Waals surface area contributed by atoms with Crippen molar-refractivity contribution in [2.24, 2.45) is 7.05 Å². The number of nitrogens with zero attached hydrogens (tertiary/aromatic N) is 1. The van der Waals surface area contributed by atoms with Gasteiger partial charge in [0.2, 0.25) is 5.52 Å². The molecule has 0 N–H and O–H groups in total. The molecular weight excluding hydrogens is 369 g/mol. The number of hydrogen-bond donors (Lipinski definition) is 0. The van der Waals surface area contributed by atoms with E-state index in [0.29, 0.717) is 5.02 Å². The van der Waals surface area contributed by atoms with Crippen LogP contribution in [0.1, 0.15) is 5.69 Å². The average molecular weight is 384 g/mol. The fourth-order valence-electron chi connectivity index (χ4n) is 2.06. The maximum Gasteiger partial charge on any atom is 0.213 e. The molecule has 1 heterocycles. The highest BCUT2D eigenvalue weighted by Gasteiger charge is 2.07. The third-order valence-electron chi connectivity index (χ3n) is 3.49. The number of halogens is 2. The van der Waals surface area contributed by atoms with Gasteiger partial charge >= 0.3 is 0 Å². The van der Waals surface area contributed by atoms with Gasteiger partial charge in [0.05, 0.1) is 4.90 Å². The SMILES string of the molecule is Cc1ccc2ccc(Cl)cc2[n+]1C.O=S(=O)([O-])c1ccc(Cl)cc1. The van der Waals surface area contributed by atoms with E-state index in [1.54, 1.807) is 0 Å². The summed E-state index contributed by atoms with van der Waals surface area (Å²) in [5.41, 5.74) is 2.40. The summed E-state index contributed by atoms with van der Waals surface area (Å²) in [5.74, 6) is 0. The Morgan fingerprint density at radius 3 is 2.04 bits per heavy atom. The number of aromatic nitrogens is 1. The van der Waals surface area contributed by atoms with E-state index in [1.807, 2.05) is 25.2 Å². The summed E-state index contributed by atoms with van der Waals surface area (Å²) in [4.78, 5) is -0.262. The minimum atomic E-state index is -4.33. The van der Waals surface area contributed by atoms with Crippen molar-refractivity contribution in [2.45, 2.75) is 11.8 Å². The molecule has 2 aromatic carbocycles. The van der Waals surface area contributed by atoms with Gasteiger partial charge in [0, 0.05) is 34.5 Å². The normalized spacial score (nSPS) is 11.0. The van der Waals surface area contributed by atoms with Gasteiger partial charge in [-0.2, -0.15) is 4.57 Å². The van der Waals surface area contributed by atoms with Crippen LogP contribution in [-0.2, 0) is 17.2 Å². The maximum absolute atomic E-state index is 10.3. The van der Waals surface area contributed by atoms with E-state index in [1.165, 1.54) is 40.9 Å². The monoisotopic (exact) mass is 383 g/mol. The Balaban J connectivity index is 0.000000177. The molecule has 3 aromatic rings. The smallest absolute Gasteiger partial charge is 0.213 e. The molecule has 0 aliphatic carbocycles. The van der Waals surface area contributed by atoms with Gasteiger partial charge in [-0.25, -0.2) is 8.42 Å². The maximum atomic E-state index is 10.3. The molecule has 0 aliphatic rings. The largest absolute Gasteiger partial charge is 0.744 e. The van der Waals surface area contributed by atoms with Crippen LogP contribution < -0.4 is 4.57 Å². The molecule has 0 saturated heterocycles. The second kappa shape index (κ2) is 7.49. The van der Waals surface area contributed by atoms with E-state index in [2.05, 4.69) is 23.6 Å². The van der Waals surface area contributed by atoms with Gasteiger partial charge in [0.15, 0.2) is 5.69 Å². The summed E-state index contributed by atoms with van der Waals surface area (Å²) in [6, 6.07) is 15.2. The number of pyridine rings is 1. The molecule has 0 spiro atoms. The predicted octanol–water partition coefficient (Wildman–Crippen LogP) is 3.87. The summed E-state index contributed by atoms with van der Waals surface area (Å²) in [5, 5.41) is 2.41. The van der Waals surface area contributed by atoms with E-state index in [9.17, 15) is 13.0 Å². The summed E-state index contributed by atoms with van der Waals surface area (Å²) in [6.07, 6.45) is 0. The zero-order valence-corrected chi connectivity index (χ0v) is 15.4. The topological polar surface area (TPSA) is 61.1 Å². The third kappa shape index (κ3) is 4.68. The Morgan fingerprint density at radius 2 is 1.46 bits per heavy atom. The van der Waals surface area contributed by atoms with Crippen molar-refractivity contribution >= 4 is 44.2 Å². The standard InChI is InChI=1S/C11H11ClN.C6H5ClO3S/c1-8-3-4-9-5-6-10(12)7-11(9)13(8)2;7-5-1-3-6(4-2-5)11(8,9)10/h3-7H,1-2H3;1-4H,(H,8,9,10)/q+1;/p-1. The zero-order chi connectivity index (χ0) is 17.9. The van der Waals surface area contributed by atoms with Gasteiger partial charge in [-0.1, -0.05) is 23.2 Å². The molecule has 3 rings (SSSR count). The van der Waals surface area contributed by atoms with Gasteiger partial charge in [-0.05, 0) is 42.5 Å². The number of aryl methyl sites for hydroxylation is 2. The van der Waals surface area contributed by atoms with Crippen molar-refractivity contribution < 1.29 is 17.5 Å². The first-order chi connectivity index (χ1) is 11.2. The first-order valence-corrected chi connectivity index (χ1v) is 9.11. The molecule has 0 aliphatic heterocycles. The van der Waals surface area contributed by atoms with Crippen LogP contribution in [0.2, 0.25) is 10.0 Å². The lowest BCUT2D eigenvalue weighted by Gasteiger charge is -2.05. The highest BCUT2D eigenvalue weighted by atomic mass is 35.5. The molecule has 7 heteroatoms. The number of rotatable bonds is 1. The fourth-order valence-corrected chi connectivity index (χ4v) is 2.82. The lowest BCUT2D eigenvalue weighted by molar-refractivity contribution is -0.651. The molecule has 126 valence electrons. The molecular formula is C17H15Cl2NO3S. The Bertz CT molecular complexity index is 966. The Kier molecular flexibility index (Phi) is 5.83. The zero-order valence-electron chi connectivity index (χ0n) is 13.0. The molecule has 0 fully saturated rings. The van der Waals surface area contributed by atoms with Crippen LogP contribution in [0.3, 0.4) is 0 Å². The molecule has 0 unspecified atom stereocenters. The highest BCUT2D eigenvalue weighted by molar-refractivity contribution is 7.85. The first-order valence-electron chi connectivity index (χ1n) is 6.95. The number of benzene rings is 2. The molecule has 24 heavy (non-hydrogen) atoms. The van der Waals surface area contributed by atoms with Crippen molar-refractivity contribution in [3.63, 3.8) is 0 Å². The van der Waals surface area contributed by atoms with Gasteiger partial charge in [0.25, 0.3) is 0 Å². The second-order valence-corrected chi connectivity index (χ2v) is 7.40. The summed E-state index contributed by atoms with van der Waals surface area (Å²) in [6.45, 7) is 2.08. The summed E-state index contributed by atoms with van der Waals surface area (Å²) < 4.78 is 33.2. The van der Waals surface area contributed by atoms with E-state index in [-0.39, 0.29) is 4.90 Å². The van der Waals surface area contributed by atoms with E-state index >= 15 is 0 Å².